The molecule has 0 saturated carbocycles. The van der Waals surface area contributed by atoms with Crippen molar-refractivity contribution < 1.29 is 33.3 Å². The number of hydrogen-bond donors (Lipinski definition) is 1. The molecule has 8 heteroatoms. The van der Waals surface area contributed by atoms with Crippen LogP contribution in [0.1, 0.15) is 61.8 Å². The van der Waals surface area contributed by atoms with E-state index in [1.54, 1.807) is 27.7 Å². The zero-order valence-electron chi connectivity index (χ0n) is 19.9. The molecule has 1 aliphatic rings. The van der Waals surface area contributed by atoms with Gasteiger partial charge in [-0.15, -0.1) is 0 Å². The van der Waals surface area contributed by atoms with Gasteiger partial charge in [-0.2, -0.15) is 0 Å². The Hall–Kier alpha value is -1.38. The molecule has 0 aliphatic carbocycles. The molecule has 0 aromatic rings. The molecule has 8 nitrogen and oxygen atoms in total. The van der Waals surface area contributed by atoms with Gasteiger partial charge in [0, 0.05) is 19.8 Å². The normalized spacial score (nSPS) is 26.4. The van der Waals surface area contributed by atoms with Crippen molar-refractivity contribution >= 4 is 12.1 Å². The van der Waals surface area contributed by atoms with Crippen molar-refractivity contribution in [2.75, 3.05) is 26.4 Å². The van der Waals surface area contributed by atoms with Crippen LogP contribution in [0.2, 0.25) is 0 Å². The maximum absolute atomic E-state index is 12.7. The summed E-state index contributed by atoms with van der Waals surface area (Å²) in [5, 5.41) is 2.55. The van der Waals surface area contributed by atoms with Crippen molar-refractivity contribution in [2.45, 2.75) is 91.8 Å². The largest absolute Gasteiger partial charge is 0.458 e. The molecule has 176 valence electrons. The summed E-state index contributed by atoms with van der Waals surface area (Å²) in [6.45, 7) is 16.8. The molecule has 0 aromatic heterocycles. The summed E-state index contributed by atoms with van der Waals surface area (Å²) in [4.78, 5) is 24.8. The summed E-state index contributed by atoms with van der Waals surface area (Å²) in [6, 6.07) is -0.957. The second-order valence-electron chi connectivity index (χ2n) is 9.66. The number of esters is 1. The number of amides is 1. The van der Waals surface area contributed by atoms with Crippen LogP contribution >= 0.6 is 0 Å². The van der Waals surface area contributed by atoms with Gasteiger partial charge in [0.05, 0.1) is 12.7 Å². The van der Waals surface area contributed by atoms with E-state index in [0.29, 0.717) is 38.1 Å². The number of rotatable bonds is 7. The lowest BCUT2D eigenvalue weighted by Gasteiger charge is -2.34. The lowest BCUT2D eigenvalue weighted by atomic mass is 10.0. The monoisotopic (exact) mass is 431 g/mol. The van der Waals surface area contributed by atoms with E-state index in [-0.39, 0.29) is 12.7 Å². The molecule has 1 fully saturated rings. The van der Waals surface area contributed by atoms with Crippen LogP contribution in [-0.2, 0) is 28.5 Å². The van der Waals surface area contributed by atoms with Gasteiger partial charge in [0.25, 0.3) is 0 Å². The molecule has 0 radical (unpaired) electrons. The van der Waals surface area contributed by atoms with Crippen molar-refractivity contribution in [3.05, 3.63) is 0 Å². The van der Waals surface area contributed by atoms with Gasteiger partial charge in [0.15, 0.2) is 6.04 Å². The van der Waals surface area contributed by atoms with Crippen molar-refractivity contribution in [2.24, 2.45) is 11.8 Å². The molecule has 1 aliphatic heterocycles. The first-order chi connectivity index (χ1) is 13.9. The minimum absolute atomic E-state index is 0.000779. The van der Waals surface area contributed by atoms with Crippen molar-refractivity contribution in [1.82, 2.24) is 5.32 Å². The van der Waals surface area contributed by atoms with Gasteiger partial charge in [-0.05, 0) is 46.0 Å². The summed E-state index contributed by atoms with van der Waals surface area (Å²) in [5.74, 6) is 0.107. The molecule has 4 atom stereocenters. The Morgan fingerprint density at radius 1 is 1.13 bits per heavy atom. The number of ether oxygens (including phenoxy) is 5. The van der Waals surface area contributed by atoms with Crippen molar-refractivity contribution in [3.8, 4) is 0 Å². The zero-order chi connectivity index (χ0) is 22.9. The van der Waals surface area contributed by atoms with Crippen LogP contribution in [0.25, 0.3) is 0 Å². The molecule has 1 N–H and O–H groups in total. The highest BCUT2D eigenvalue weighted by Crippen LogP contribution is 2.20. The van der Waals surface area contributed by atoms with E-state index >= 15 is 0 Å². The highest BCUT2D eigenvalue weighted by Gasteiger charge is 2.35. The lowest BCUT2D eigenvalue weighted by Crippen LogP contribution is -2.51. The fourth-order valence-electron chi connectivity index (χ4n) is 2.86. The van der Waals surface area contributed by atoms with Crippen LogP contribution < -0.4 is 5.32 Å². The van der Waals surface area contributed by atoms with E-state index in [9.17, 15) is 9.59 Å². The predicted molar refractivity (Wildman–Crippen MR) is 113 cm³/mol. The van der Waals surface area contributed by atoms with Gasteiger partial charge in [-0.1, -0.05) is 27.7 Å². The lowest BCUT2D eigenvalue weighted by molar-refractivity contribution is -0.177. The summed E-state index contributed by atoms with van der Waals surface area (Å²) in [5.41, 5.74) is -0.672. The predicted octanol–water partition coefficient (Wildman–Crippen LogP) is 3.31. The van der Waals surface area contributed by atoms with E-state index in [4.69, 9.17) is 23.7 Å². The standard InChI is InChI=1S/C22H41NO7/c1-14(2)11-27-18-9-10-26-13-17(23-21(25)30-22(6,7)8)20(24)29-16(5)19(18)28-12-15(3)4/h14-19H,9-13H2,1-8H3,(H,23,25)/t16-,17-,18-,19-/m0/s1. The van der Waals surface area contributed by atoms with Gasteiger partial charge >= 0.3 is 12.1 Å². The van der Waals surface area contributed by atoms with Crippen molar-refractivity contribution in [1.29, 1.82) is 0 Å². The van der Waals surface area contributed by atoms with E-state index in [1.807, 2.05) is 0 Å². The highest BCUT2D eigenvalue weighted by atomic mass is 16.6. The number of alkyl carbamates (subject to hydrolysis) is 1. The smallest absolute Gasteiger partial charge is 0.408 e. The summed E-state index contributed by atoms with van der Waals surface area (Å²) in [7, 11) is 0. The highest BCUT2D eigenvalue weighted by molar-refractivity contribution is 5.81. The molecule has 1 amide bonds. The molecular formula is C22H41NO7. The molecule has 1 heterocycles. The first kappa shape index (κ1) is 26.7. The summed E-state index contributed by atoms with van der Waals surface area (Å²) in [6.07, 6.45) is -1.34. The minimum Gasteiger partial charge on any atom is -0.458 e. The number of carbonyl (C=O) groups is 2. The van der Waals surface area contributed by atoms with Gasteiger partial charge in [0.1, 0.15) is 17.8 Å². The molecule has 0 bridgehead atoms. The fraction of sp³-hybridized carbons (Fsp3) is 0.909. The molecule has 30 heavy (non-hydrogen) atoms. The van der Waals surface area contributed by atoms with Gasteiger partial charge in [-0.3, -0.25) is 0 Å². The number of carbonyl (C=O) groups excluding carboxylic acids is 2. The Balaban J connectivity index is 2.89. The number of nitrogens with one attached hydrogen (secondary N) is 1. The Kier molecular flexibility index (Phi) is 11.1. The summed E-state index contributed by atoms with van der Waals surface area (Å²) >= 11 is 0. The SMILES string of the molecule is CC(C)CO[C@H]1[C@H](C)OC(=O)[C@@H](NC(=O)OC(C)(C)C)COCC[C@@H]1OCC(C)C. The Labute approximate surface area is 181 Å². The Morgan fingerprint density at radius 2 is 1.73 bits per heavy atom. The van der Waals surface area contributed by atoms with Crippen LogP contribution in [0, 0.1) is 11.8 Å². The van der Waals surface area contributed by atoms with Gasteiger partial charge < -0.3 is 29.0 Å². The van der Waals surface area contributed by atoms with Crippen LogP contribution in [0.5, 0.6) is 0 Å². The molecule has 1 saturated heterocycles. The quantitative estimate of drug-likeness (QED) is 0.618. The zero-order valence-corrected chi connectivity index (χ0v) is 19.9. The average molecular weight is 432 g/mol. The molecular weight excluding hydrogens is 390 g/mol. The van der Waals surface area contributed by atoms with Crippen LogP contribution in [-0.4, -0.2) is 68.4 Å². The molecule has 0 aromatic carbocycles. The third kappa shape index (κ3) is 10.6. The third-order valence-electron chi connectivity index (χ3n) is 4.20. The topological polar surface area (TPSA) is 92.3 Å². The first-order valence-corrected chi connectivity index (χ1v) is 10.9. The van der Waals surface area contributed by atoms with Gasteiger partial charge in [0.2, 0.25) is 0 Å². The summed E-state index contributed by atoms with van der Waals surface area (Å²) < 4.78 is 28.7. The average Bonchev–Trinajstić information content (AvgIpc) is 2.58. The Bertz CT molecular complexity index is 530. The van der Waals surface area contributed by atoms with Gasteiger partial charge in [-0.25, -0.2) is 9.59 Å². The molecule has 0 spiro atoms. The van der Waals surface area contributed by atoms with Crippen LogP contribution in [0.4, 0.5) is 4.79 Å². The maximum atomic E-state index is 12.7. The maximum Gasteiger partial charge on any atom is 0.408 e. The number of hydrogen-bond acceptors (Lipinski definition) is 7. The van der Waals surface area contributed by atoms with E-state index in [0.717, 1.165) is 0 Å². The van der Waals surface area contributed by atoms with Crippen LogP contribution in [0.15, 0.2) is 0 Å². The number of cyclic esters (lactones) is 1. The second-order valence-corrected chi connectivity index (χ2v) is 9.66. The fourth-order valence-corrected chi connectivity index (χ4v) is 2.86. The van der Waals surface area contributed by atoms with E-state index in [1.165, 1.54) is 0 Å². The van der Waals surface area contributed by atoms with Crippen molar-refractivity contribution in [3.63, 3.8) is 0 Å². The second kappa shape index (κ2) is 12.5. The first-order valence-electron chi connectivity index (χ1n) is 10.9. The van der Waals surface area contributed by atoms with E-state index < -0.39 is 35.9 Å². The van der Waals surface area contributed by atoms with E-state index in [2.05, 4.69) is 33.0 Å². The van der Waals surface area contributed by atoms with Crippen LogP contribution in [0.3, 0.4) is 0 Å². The molecule has 1 rings (SSSR count). The molecule has 0 unspecified atom stereocenters. The Morgan fingerprint density at radius 3 is 2.30 bits per heavy atom. The minimum atomic E-state index is -0.957. The third-order valence-corrected chi connectivity index (χ3v) is 4.20.